The Morgan fingerprint density at radius 3 is 2.89 bits per heavy atom. The van der Waals surface area contributed by atoms with E-state index < -0.39 is 0 Å². The minimum absolute atomic E-state index is 0.0882. The van der Waals surface area contributed by atoms with Gasteiger partial charge in [-0.05, 0) is 35.8 Å². The molecule has 0 aliphatic carbocycles. The molecule has 0 aliphatic heterocycles. The first-order chi connectivity index (χ1) is 8.86. The molecular weight excluding hydrogens is 266 g/mol. The predicted octanol–water partition coefficient (Wildman–Crippen LogP) is 2.45. The van der Waals surface area contributed by atoms with Crippen molar-refractivity contribution >= 4 is 29.2 Å². The topological polar surface area (TPSA) is 54.9 Å². The van der Waals surface area contributed by atoms with Gasteiger partial charge >= 0.3 is 0 Å². The van der Waals surface area contributed by atoms with E-state index in [4.69, 9.17) is 0 Å². The summed E-state index contributed by atoms with van der Waals surface area (Å²) in [6.45, 7) is 0.677. The van der Waals surface area contributed by atoms with Crippen molar-refractivity contribution in [2.75, 3.05) is 12.3 Å². The van der Waals surface area contributed by atoms with Gasteiger partial charge in [0.2, 0.25) is 0 Å². The summed E-state index contributed by atoms with van der Waals surface area (Å²) >= 11 is 2.91. The van der Waals surface area contributed by atoms with Crippen LogP contribution in [0.2, 0.25) is 0 Å². The van der Waals surface area contributed by atoms with Crippen LogP contribution in [0.5, 0.6) is 0 Å². The van der Waals surface area contributed by atoms with Gasteiger partial charge in [-0.3, -0.25) is 4.79 Å². The second kappa shape index (κ2) is 7.13. The maximum absolute atomic E-state index is 11.6. The average Bonchev–Trinajstić information content (AvgIpc) is 2.93. The summed E-state index contributed by atoms with van der Waals surface area (Å²) in [6, 6.07) is 10.2. The molecule has 1 amide bonds. The first-order valence-corrected chi connectivity index (χ1v) is 7.35. The van der Waals surface area contributed by atoms with Crippen LogP contribution < -0.4 is 5.32 Å². The third kappa shape index (κ3) is 4.12. The molecule has 1 aromatic heterocycles. The molecule has 0 saturated carbocycles. The lowest BCUT2D eigenvalue weighted by atomic mass is 10.4. The minimum atomic E-state index is -0.0882. The molecular formula is C12H13N3OS2. The molecule has 1 heterocycles. The van der Waals surface area contributed by atoms with E-state index in [1.807, 2.05) is 18.2 Å². The summed E-state index contributed by atoms with van der Waals surface area (Å²) in [5.74, 6) is 0.903. The molecule has 1 N–H and O–H groups in total. The fourth-order valence-corrected chi connectivity index (χ4v) is 2.64. The molecule has 0 aliphatic rings. The van der Waals surface area contributed by atoms with Crippen LogP contribution in [0.15, 0.2) is 41.4 Å². The molecule has 94 valence electrons. The van der Waals surface area contributed by atoms with E-state index in [9.17, 15) is 4.79 Å². The lowest BCUT2D eigenvalue weighted by Gasteiger charge is -2.03. The van der Waals surface area contributed by atoms with Crippen LogP contribution in [-0.4, -0.2) is 27.8 Å². The highest BCUT2D eigenvalue weighted by molar-refractivity contribution is 7.99. The quantitative estimate of drug-likeness (QED) is 0.652. The Morgan fingerprint density at radius 1 is 1.33 bits per heavy atom. The molecule has 0 atom stereocenters. The number of hydrogen-bond acceptors (Lipinski definition) is 5. The minimum Gasteiger partial charge on any atom is -0.351 e. The highest BCUT2D eigenvalue weighted by Crippen LogP contribution is 2.17. The zero-order valence-electron chi connectivity index (χ0n) is 9.70. The van der Waals surface area contributed by atoms with Gasteiger partial charge in [-0.25, -0.2) is 0 Å². The first kappa shape index (κ1) is 13.0. The van der Waals surface area contributed by atoms with Gasteiger partial charge in [0.05, 0.1) is 6.20 Å². The third-order valence-electron chi connectivity index (χ3n) is 2.20. The highest BCUT2D eigenvalue weighted by Gasteiger charge is 2.06. The van der Waals surface area contributed by atoms with Gasteiger partial charge in [0.15, 0.2) is 0 Å². The second-order valence-electron chi connectivity index (χ2n) is 3.55. The van der Waals surface area contributed by atoms with E-state index >= 15 is 0 Å². The van der Waals surface area contributed by atoms with Crippen LogP contribution in [0.25, 0.3) is 0 Å². The van der Waals surface area contributed by atoms with Crippen LogP contribution >= 0.6 is 23.3 Å². The smallest absolute Gasteiger partial charge is 0.264 e. The maximum Gasteiger partial charge on any atom is 0.264 e. The van der Waals surface area contributed by atoms with Crippen molar-refractivity contribution in [3.63, 3.8) is 0 Å². The van der Waals surface area contributed by atoms with Gasteiger partial charge in [0, 0.05) is 11.4 Å². The van der Waals surface area contributed by atoms with Crippen LogP contribution in [0, 0.1) is 0 Å². The number of benzene rings is 1. The molecule has 0 saturated heterocycles. The Morgan fingerprint density at radius 2 is 2.17 bits per heavy atom. The monoisotopic (exact) mass is 279 g/mol. The first-order valence-electron chi connectivity index (χ1n) is 5.59. The van der Waals surface area contributed by atoms with Crippen molar-refractivity contribution in [3.05, 3.63) is 41.4 Å². The Labute approximate surface area is 114 Å². The fraction of sp³-hybridized carbons (Fsp3) is 0.250. The predicted molar refractivity (Wildman–Crippen MR) is 74.0 cm³/mol. The Kier molecular flexibility index (Phi) is 5.16. The highest BCUT2D eigenvalue weighted by atomic mass is 32.2. The number of aromatic nitrogens is 2. The van der Waals surface area contributed by atoms with Gasteiger partial charge in [0.1, 0.15) is 4.88 Å². The third-order valence-corrected chi connectivity index (χ3v) is 3.97. The van der Waals surface area contributed by atoms with Gasteiger partial charge in [0.25, 0.3) is 5.91 Å². The summed E-state index contributed by atoms with van der Waals surface area (Å²) in [4.78, 5) is 13.4. The van der Waals surface area contributed by atoms with E-state index in [2.05, 4.69) is 27.0 Å². The SMILES string of the molecule is O=C(NCCCSc1ccccc1)c1cnns1. The molecule has 2 rings (SSSR count). The van der Waals surface area contributed by atoms with Crippen LogP contribution in [-0.2, 0) is 0 Å². The van der Waals surface area contributed by atoms with E-state index in [-0.39, 0.29) is 5.91 Å². The maximum atomic E-state index is 11.6. The summed E-state index contributed by atoms with van der Waals surface area (Å²) in [7, 11) is 0. The number of nitrogens with one attached hydrogen (secondary N) is 1. The van der Waals surface area contributed by atoms with Crippen molar-refractivity contribution in [3.8, 4) is 0 Å². The number of hydrogen-bond donors (Lipinski definition) is 1. The molecule has 0 unspecified atom stereocenters. The number of thioether (sulfide) groups is 1. The van der Waals surface area contributed by atoms with Crippen LogP contribution in [0.1, 0.15) is 16.1 Å². The number of nitrogens with zero attached hydrogens (tertiary/aromatic N) is 2. The fourth-order valence-electron chi connectivity index (χ4n) is 1.34. The molecule has 0 fully saturated rings. The summed E-state index contributed by atoms with van der Waals surface area (Å²) < 4.78 is 3.65. The molecule has 18 heavy (non-hydrogen) atoms. The number of amides is 1. The standard InChI is InChI=1S/C12H13N3OS2/c16-12(11-9-14-15-18-11)13-7-4-8-17-10-5-2-1-3-6-10/h1-3,5-6,9H,4,7-8H2,(H,13,16). The van der Waals surface area contributed by atoms with E-state index in [0.29, 0.717) is 11.4 Å². The normalized spacial score (nSPS) is 10.2. The Hall–Kier alpha value is -1.40. The van der Waals surface area contributed by atoms with Crippen molar-refractivity contribution < 1.29 is 4.79 Å². The summed E-state index contributed by atoms with van der Waals surface area (Å²) in [5.41, 5.74) is 0. The zero-order valence-corrected chi connectivity index (χ0v) is 11.3. The average molecular weight is 279 g/mol. The van der Waals surface area contributed by atoms with Crippen LogP contribution in [0.3, 0.4) is 0 Å². The Bertz CT molecular complexity index is 473. The van der Waals surface area contributed by atoms with Gasteiger partial charge in [-0.1, -0.05) is 22.7 Å². The van der Waals surface area contributed by atoms with E-state index in [1.54, 1.807) is 11.8 Å². The number of rotatable bonds is 6. The molecule has 2 aromatic rings. The van der Waals surface area contributed by atoms with Crippen molar-refractivity contribution in [2.45, 2.75) is 11.3 Å². The summed E-state index contributed by atoms with van der Waals surface area (Å²) in [5, 5.41) is 6.48. The molecule has 0 spiro atoms. The number of carbonyl (C=O) groups excluding carboxylic acids is 1. The van der Waals surface area contributed by atoms with E-state index in [1.165, 1.54) is 11.1 Å². The molecule has 1 aromatic carbocycles. The molecule has 4 nitrogen and oxygen atoms in total. The van der Waals surface area contributed by atoms with Gasteiger partial charge in [-0.15, -0.1) is 16.9 Å². The van der Waals surface area contributed by atoms with Crippen molar-refractivity contribution in [1.82, 2.24) is 14.9 Å². The van der Waals surface area contributed by atoms with Crippen molar-refractivity contribution in [2.24, 2.45) is 0 Å². The number of carbonyl (C=O) groups is 1. The molecule has 0 bridgehead atoms. The summed E-state index contributed by atoms with van der Waals surface area (Å²) in [6.07, 6.45) is 2.43. The molecule has 6 heteroatoms. The van der Waals surface area contributed by atoms with E-state index in [0.717, 1.165) is 23.7 Å². The second-order valence-corrected chi connectivity index (χ2v) is 5.51. The lowest BCUT2D eigenvalue weighted by molar-refractivity contribution is 0.0957. The van der Waals surface area contributed by atoms with Crippen molar-refractivity contribution in [1.29, 1.82) is 0 Å². The lowest BCUT2D eigenvalue weighted by Crippen LogP contribution is -2.23. The van der Waals surface area contributed by atoms with Crippen LogP contribution in [0.4, 0.5) is 0 Å². The Balaban J connectivity index is 1.61. The van der Waals surface area contributed by atoms with Gasteiger partial charge < -0.3 is 5.32 Å². The largest absolute Gasteiger partial charge is 0.351 e. The zero-order chi connectivity index (χ0) is 12.6. The molecule has 0 radical (unpaired) electrons. The van der Waals surface area contributed by atoms with Gasteiger partial charge in [-0.2, -0.15) is 0 Å².